The number of aryl methyl sites for hydroxylation is 1. The molecule has 0 bridgehead atoms. The van der Waals surface area contributed by atoms with Gasteiger partial charge >= 0.3 is 0 Å². The minimum Gasteiger partial charge on any atom is -0.339 e. The van der Waals surface area contributed by atoms with Crippen LogP contribution in [0.5, 0.6) is 0 Å². The van der Waals surface area contributed by atoms with Crippen molar-refractivity contribution in [1.29, 1.82) is 0 Å². The second-order valence-electron chi connectivity index (χ2n) is 4.93. The van der Waals surface area contributed by atoms with E-state index in [2.05, 4.69) is 27.4 Å². The fourth-order valence-corrected chi connectivity index (χ4v) is 2.34. The summed E-state index contributed by atoms with van der Waals surface area (Å²) < 4.78 is 5.25. The summed E-state index contributed by atoms with van der Waals surface area (Å²) >= 11 is 0. The highest BCUT2D eigenvalue weighted by molar-refractivity contribution is 4.90. The van der Waals surface area contributed by atoms with Gasteiger partial charge in [-0.2, -0.15) is 4.98 Å². The minimum atomic E-state index is 0.697. The van der Waals surface area contributed by atoms with E-state index < -0.39 is 0 Å². The first kappa shape index (κ1) is 12.5. The molecule has 5 heteroatoms. The molecule has 0 amide bonds. The molecule has 5 nitrogen and oxygen atoms in total. The summed E-state index contributed by atoms with van der Waals surface area (Å²) in [6.07, 6.45) is 4.13. The number of aromatic nitrogens is 2. The van der Waals surface area contributed by atoms with Crippen LogP contribution < -0.4 is 5.32 Å². The maximum atomic E-state index is 5.25. The van der Waals surface area contributed by atoms with Crippen molar-refractivity contribution in [2.24, 2.45) is 5.92 Å². The molecule has 1 aromatic heterocycles. The fourth-order valence-electron chi connectivity index (χ4n) is 2.34. The fraction of sp³-hybridized carbons (Fsp3) is 0.833. The standard InChI is InChI=1S/C12H22N4O/c1-13-6-3-4-12-14-11(15-17-12)8-10-5-7-16(2)9-10/h10,13H,3-9H2,1-2H3. The second kappa shape index (κ2) is 6.12. The number of hydrogen-bond donors (Lipinski definition) is 1. The highest BCUT2D eigenvalue weighted by atomic mass is 16.5. The van der Waals surface area contributed by atoms with Crippen LogP contribution in [0.1, 0.15) is 24.6 Å². The maximum absolute atomic E-state index is 5.25. The van der Waals surface area contributed by atoms with E-state index in [4.69, 9.17) is 4.52 Å². The van der Waals surface area contributed by atoms with Crippen LogP contribution in [0.15, 0.2) is 4.52 Å². The molecular formula is C12H22N4O. The van der Waals surface area contributed by atoms with Gasteiger partial charge in [-0.15, -0.1) is 0 Å². The van der Waals surface area contributed by atoms with Crippen LogP contribution >= 0.6 is 0 Å². The lowest BCUT2D eigenvalue weighted by Gasteiger charge is -2.06. The van der Waals surface area contributed by atoms with Crippen LogP contribution in [-0.4, -0.2) is 48.8 Å². The van der Waals surface area contributed by atoms with Crippen LogP contribution in [0.4, 0.5) is 0 Å². The van der Waals surface area contributed by atoms with E-state index >= 15 is 0 Å². The van der Waals surface area contributed by atoms with E-state index in [-0.39, 0.29) is 0 Å². The molecule has 96 valence electrons. The van der Waals surface area contributed by atoms with E-state index in [0.29, 0.717) is 5.92 Å². The van der Waals surface area contributed by atoms with Crippen molar-refractivity contribution >= 4 is 0 Å². The Bertz CT molecular complexity index is 339. The quantitative estimate of drug-likeness (QED) is 0.740. The molecule has 1 atom stereocenters. The van der Waals surface area contributed by atoms with Gasteiger partial charge in [0.2, 0.25) is 5.89 Å². The molecule has 1 aliphatic heterocycles. The lowest BCUT2D eigenvalue weighted by molar-refractivity contribution is 0.363. The van der Waals surface area contributed by atoms with Crippen molar-refractivity contribution in [2.45, 2.75) is 25.7 Å². The normalized spacial score (nSPS) is 21.2. The number of nitrogens with one attached hydrogen (secondary N) is 1. The highest BCUT2D eigenvalue weighted by Gasteiger charge is 2.21. The summed E-state index contributed by atoms with van der Waals surface area (Å²) in [6, 6.07) is 0. The van der Waals surface area contributed by atoms with Gasteiger partial charge in [-0.1, -0.05) is 5.16 Å². The number of rotatable bonds is 6. The molecule has 0 aromatic carbocycles. The molecule has 17 heavy (non-hydrogen) atoms. The van der Waals surface area contributed by atoms with Crippen molar-refractivity contribution in [3.05, 3.63) is 11.7 Å². The first-order chi connectivity index (χ1) is 8.28. The topological polar surface area (TPSA) is 54.2 Å². The molecule has 0 saturated carbocycles. The molecule has 2 rings (SSSR count). The average molecular weight is 238 g/mol. The maximum Gasteiger partial charge on any atom is 0.226 e. The Labute approximate surface area is 103 Å². The number of likely N-dealkylation sites (tertiary alicyclic amines) is 1. The SMILES string of the molecule is CNCCCc1nc(CC2CCN(C)C2)no1. The summed E-state index contributed by atoms with van der Waals surface area (Å²) in [5.41, 5.74) is 0. The predicted octanol–water partition coefficient (Wildman–Crippen LogP) is 0.716. The highest BCUT2D eigenvalue weighted by Crippen LogP contribution is 2.18. The summed E-state index contributed by atoms with van der Waals surface area (Å²) in [4.78, 5) is 6.81. The molecule has 1 unspecified atom stereocenters. The van der Waals surface area contributed by atoms with Gasteiger partial charge in [-0.3, -0.25) is 0 Å². The lowest BCUT2D eigenvalue weighted by atomic mass is 10.1. The molecule has 0 radical (unpaired) electrons. The Morgan fingerprint density at radius 1 is 1.53 bits per heavy atom. The van der Waals surface area contributed by atoms with Gasteiger partial charge in [-0.05, 0) is 45.9 Å². The third kappa shape index (κ3) is 3.78. The van der Waals surface area contributed by atoms with Gasteiger partial charge in [0.15, 0.2) is 5.82 Å². The summed E-state index contributed by atoms with van der Waals surface area (Å²) in [7, 11) is 4.12. The van der Waals surface area contributed by atoms with Gasteiger partial charge in [0.05, 0.1) is 0 Å². The van der Waals surface area contributed by atoms with E-state index in [1.807, 2.05) is 7.05 Å². The van der Waals surface area contributed by atoms with Crippen molar-refractivity contribution in [1.82, 2.24) is 20.4 Å². The number of hydrogen-bond acceptors (Lipinski definition) is 5. The van der Waals surface area contributed by atoms with E-state index in [0.717, 1.165) is 44.1 Å². The first-order valence-corrected chi connectivity index (χ1v) is 6.42. The molecule has 2 heterocycles. The summed E-state index contributed by atoms with van der Waals surface area (Å²) in [5, 5.41) is 7.17. The second-order valence-corrected chi connectivity index (χ2v) is 4.93. The monoisotopic (exact) mass is 238 g/mol. The Morgan fingerprint density at radius 3 is 3.12 bits per heavy atom. The first-order valence-electron chi connectivity index (χ1n) is 6.42. The third-order valence-corrected chi connectivity index (χ3v) is 3.29. The molecule has 1 N–H and O–H groups in total. The Kier molecular flexibility index (Phi) is 4.50. The zero-order valence-corrected chi connectivity index (χ0v) is 10.8. The van der Waals surface area contributed by atoms with E-state index in [1.54, 1.807) is 0 Å². The van der Waals surface area contributed by atoms with Gasteiger partial charge in [0.25, 0.3) is 0 Å². The van der Waals surface area contributed by atoms with Crippen LogP contribution in [0, 0.1) is 5.92 Å². The summed E-state index contributed by atoms with van der Waals surface area (Å²) in [5.74, 6) is 2.36. The van der Waals surface area contributed by atoms with Crippen LogP contribution in [0.3, 0.4) is 0 Å². The van der Waals surface area contributed by atoms with Gasteiger partial charge in [0.1, 0.15) is 0 Å². The van der Waals surface area contributed by atoms with Crippen molar-refractivity contribution in [3.63, 3.8) is 0 Å². The average Bonchev–Trinajstić information content (AvgIpc) is 2.90. The Balaban J connectivity index is 1.77. The van der Waals surface area contributed by atoms with Crippen LogP contribution in [0.2, 0.25) is 0 Å². The van der Waals surface area contributed by atoms with Gasteiger partial charge in [-0.25, -0.2) is 0 Å². The molecule has 0 aliphatic carbocycles. The molecule has 1 saturated heterocycles. The Morgan fingerprint density at radius 2 is 2.41 bits per heavy atom. The molecule has 1 fully saturated rings. The third-order valence-electron chi connectivity index (χ3n) is 3.29. The van der Waals surface area contributed by atoms with E-state index in [9.17, 15) is 0 Å². The van der Waals surface area contributed by atoms with Gasteiger partial charge in [0, 0.05) is 19.4 Å². The molecule has 1 aliphatic rings. The van der Waals surface area contributed by atoms with Crippen molar-refractivity contribution in [2.75, 3.05) is 33.7 Å². The van der Waals surface area contributed by atoms with Gasteiger partial charge < -0.3 is 14.7 Å². The molecule has 0 spiro atoms. The van der Waals surface area contributed by atoms with Crippen molar-refractivity contribution in [3.8, 4) is 0 Å². The smallest absolute Gasteiger partial charge is 0.226 e. The van der Waals surface area contributed by atoms with Crippen molar-refractivity contribution < 1.29 is 4.52 Å². The summed E-state index contributed by atoms with van der Waals surface area (Å²) in [6.45, 7) is 3.34. The lowest BCUT2D eigenvalue weighted by Crippen LogP contribution is -2.15. The van der Waals surface area contributed by atoms with Crippen LogP contribution in [0.25, 0.3) is 0 Å². The minimum absolute atomic E-state index is 0.697. The Hall–Kier alpha value is -0.940. The van der Waals surface area contributed by atoms with E-state index in [1.165, 1.54) is 13.0 Å². The largest absolute Gasteiger partial charge is 0.339 e. The molecular weight excluding hydrogens is 216 g/mol. The number of nitrogens with zero attached hydrogens (tertiary/aromatic N) is 3. The van der Waals surface area contributed by atoms with Crippen LogP contribution in [-0.2, 0) is 12.8 Å². The molecule has 1 aromatic rings. The zero-order chi connectivity index (χ0) is 12.1. The predicted molar refractivity (Wildman–Crippen MR) is 65.9 cm³/mol. The zero-order valence-electron chi connectivity index (χ0n) is 10.8.